The summed E-state index contributed by atoms with van der Waals surface area (Å²) < 4.78 is 5.49. The molecule has 4 nitrogen and oxygen atoms in total. The summed E-state index contributed by atoms with van der Waals surface area (Å²) in [6, 6.07) is 0.698. The van der Waals surface area contributed by atoms with Gasteiger partial charge >= 0.3 is 6.09 Å². The van der Waals surface area contributed by atoms with E-state index >= 15 is 0 Å². The highest BCUT2D eigenvalue weighted by atomic mass is 32.2. The van der Waals surface area contributed by atoms with Gasteiger partial charge in [-0.25, -0.2) is 4.79 Å². The average molecular weight is 329 g/mol. The highest BCUT2D eigenvalue weighted by Gasteiger charge is 2.27. The first-order valence-corrected chi connectivity index (χ1v) is 9.88. The first kappa shape index (κ1) is 17.9. The van der Waals surface area contributed by atoms with Crippen molar-refractivity contribution in [2.75, 3.05) is 31.1 Å². The zero-order valence-electron chi connectivity index (χ0n) is 14.4. The van der Waals surface area contributed by atoms with Crippen molar-refractivity contribution >= 4 is 17.9 Å². The molecule has 0 bridgehead atoms. The SMILES string of the molecule is CC(C)(C)OC(=O)N1CCCC(CCNC2CCCSC2)C1. The Bertz CT molecular complexity index is 351. The number of rotatable bonds is 4. The van der Waals surface area contributed by atoms with Crippen molar-refractivity contribution < 1.29 is 9.53 Å². The van der Waals surface area contributed by atoms with Gasteiger partial charge in [-0.3, -0.25) is 0 Å². The van der Waals surface area contributed by atoms with E-state index in [0.29, 0.717) is 12.0 Å². The summed E-state index contributed by atoms with van der Waals surface area (Å²) in [5, 5.41) is 3.70. The molecule has 0 aromatic rings. The zero-order chi connectivity index (χ0) is 16.0. The summed E-state index contributed by atoms with van der Waals surface area (Å²) in [7, 11) is 0. The lowest BCUT2D eigenvalue weighted by atomic mass is 9.95. The number of nitrogens with one attached hydrogen (secondary N) is 1. The molecule has 0 radical (unpaired) electrons. The van der Waals surface area contributed by atoms with E-state index in [1.54, 1.807) is 0 Å². The summed E-state index contributed by atoms with van der Waals surface area (Å²) >= 11 is 2.07. The molecule has 0 aromatic carbocycles. The lowest BCUT2D eigenvalue weighted by Crippen LogP contribution is -2.43. The van der Waals surface area contributed by atoms with Gasteiger partial charge in [-0.2, -0.15) is 11.8 Å². The molecule has 0 spiro atoms. The number of carbonyl (C=O) groups excluding carboxylic acids is 1. The van der Waals surface area contributed by atoms with E-state index in [-0.39, 0.29) is 6.09 Å². The van der Waals surface area contributed by atoms with Crippen LogP contribution < -0.4 is 5.32 Å². The van der Waals surface area contributed by atoms with Crippen LogP contribution in [-0.4, -0.2) is 53.8 Å². The van der Waals surface area contributed by atoms with Gasteiger partial charge in [-0.15, -0.1) is 0 Å². The van der Waals surface area contributed by atoms with Gasteiger partial charge in [-0.05, 0) is 71.1 Å². The minimum atomic E-state index is -0.399. The van der Waals surface area contributed by atoms with Crippen molar-refractivity contribution in [2.24, 2.45) is 5.92 Å². The molecular formula is C17H32N2O2S. The summed E-state index contributed by atoms with van der Waals surface area (Å²) in [6.45, 7) is 8.57. The number of likely N-dealkylation sites (tertiary alicyclic amines) is 1. The van der Waals surface area contributed by atoms with Crippen molar-refractivity contribution in [3.05, 3.63) is 0 Å². The van der Waals surface area contributed by atoms with Crippen LogP contribution in [0, 0.1) is 5.92 Å². The van der Waals surface area contributed by atoms with E-state index in [2.05, 4.69) is 17.1 Å². The second-order valence-electron chi connectivity index (χ2n) is 7.59. The maximum atomic E-state index is 12.2. The minimum Gasteiger partial charge on any atom is -0.444 e. The predicted octanol–water partition coefficient (Wildman–Crippen LogP) is 3.51. The molecule has 2 atom stereocenters. The van der Waals surface area contributed by atoms with Crippen molar-refractivity contribution in [2.45, 2.75) is 64.5 Å². The molecule has 2 fully saturated rings. The number of carbonyl (C=O) groups is 1. The summed E-state index contributed by atoms with van der Waals surface area (Å²) in [5.74, 6) is 3.20. The Hall–Kier alpha value is -0.420. The largest absolute Gasteiger partial charge is 0.444 e. The molecule has 0 aromatic heterocycles. The molecule has 1 N–H and O–H groups in total. The summed E-state index contributed by atoms with van der Waals surface area (Å²) in [4.78, 5) is 14.1. The van der Waals surface area contributed by atoms with E-state index < -0.39 is 5.60 Å². The Kier molecular flexibility index (Phi) is 6.87. The lowest BCUT2D eigenvalue weighted by molar-refractivity contribution is 0.0161. The number of ether oxygens (including phenoxy) is 1. The molecule has 0 aliphatic carbocycles. The van der Waals surface area contributed by atoms with Crippen LogP contribution in [0.25, 0.3) is 0 Å². The molecule has 2 unspecified atom stereocenters. The second kappa shape index (κ2) is 8.44. The van der Waals surface area contributed by atoms with Gasteiger partial charge in [0.2, 0.25) is 0 Å². The van der Waals surface area contributed by atoms with Gasteiger partial charge < -0.3 is 15.0 Å². The van der Waals surface area contributed by atoms with E-state index in [4.69, 9.17) is 4.74 Å². The number of amides is 1. The van der Waals surface area contributed by atoms with Crippen LogP contribution in [0.1, 0.15) is 52.9 Å². The average Bonchev–Trinajstić information content (AvgIpc) is 2.47. The number of thioether (sulfide) groups is 1. The Morgan fingerprint density at radius 3 is 2.82 bits per heavy atom. The number of nitrogens with zero attached hydrogens (tertiary/aromatic N) is 1. The molecule has 1 amide bonds. The smallest absolute Gasteiger partial charge is 0.410 e. The van der Waals surface area contributed by atoms with Crippen LogP contribution in [0.3, 0.4) is 0 Å². The third-order valence-corrected chi connectivity index (χ3v) is 5.53. The Balaban J connectivity index is 1.67. The zero-order valence-corrected chi connectivity index (χ0v) is 15.2. The van der Waals surface area contributed by atoms with E-state index in [9.17, 15) is 4.79 Å². The predicted molar refractivity (Wildman–Crippen MR) is 93.5 cm³/mol. The van der Waals surface area contributed by atoms with Gasteiger partial charge in [0.25, 0.3) is 0 Å². The third-order valence-electron chi connectivity index (χ3n) is 4.32. The lowest BCUT2D eigenvalue weighted by Gasteiger charge is -2.34. The van der Waals surface area contributed by atoms with Gasteiger partial charge in [0, 0.05) is 24.9 Å². The van der Waals surface area contributed by atoms with Crippen LogP contribution in [0.15, 0.2) is 0 Å². The molecule has 2 aliphatic heterocycles. The third kappa shape index (κ3) is 6.37. The van der Waals surface area contributed by atoms with Crippen LogP contribution in [0.5, 0.6) is 0 Å². The maximum Gasteiger partial charge on any atom is 0.410 e. The maximum absolute atomic E-state index is 12.2. The molecule has 0 saturated carbocycles. The topological polar surface area (TPSA) is 41.6 Å². The van der Waals surface area contributed by atoms with E-state index in [1.165, 1.54) is 37.2 Å². The number of piperidine rings is 1. The quantitative estimate of drug-likeness (QED) is 0.857. The Morgan fingerprint density at radius 1 is 1.32 bits per heavy atom. The van der Waals surface area contributed by atoms with E-state index in [1.807, 2.05) is 25.7 Å². The summed E-state index contributed by atoms with van der Waals surface area (Å²) in [5.41, 5.74) is -0.399. The van der Waals surface area contributed by atoms with E-state index in [0.717, 1.165) is 26.1 Å². The molecule has 2 saturated heterocycles. The standard InChI is InChI=1S/C17H32N2O2S/c1-17(2,3)21-16(20)19-10-4-6-14(12-19)8-9-18-15-7-5-11-22-13-15/h14-15,18H,4-13H2,1-3H3. The molecule has 2 aliphatic rings. The molecular weight excluding hydrogens is 296 g/mol. The van der Waals surface area contributed by atoms with Gasteiger partial charge in [-0.1, -0.05) is 0 Å². The van der Waals surface area contributed by atoms with Crippen molar-refractivity contribution in [3.63, 3.8) is 0 Å². The monoisotopic (exact) mass is 328 g/mol. The van der Waals surface area contributed by atoms with Gasteiger partial charge in [0.15, 0.2) is 0 Å². The molecule has 2 rings (SSSR count). The van der Waals surface area contributed by atoms with Crippen molar-refractivity contribution in [3.8, 4) is 0 Å². The van der Waals surface area contributed by atoms with Crippen molar-refractivity contribution in [1.82, 2.24) is 10.2 Å². The summed E-state index contributed by atoms with van der Waals surface area (Å²) in [6.07, 6.45) is 6.03. The Labute approximate surface area is 139 Å². The van der Waals surface area contributed by atoms with Crippen LogP contribution in [0.2, 0.25) is 0 Å². The number of hydrogen-bond acceptors (Lipinski definition) is 4. The van der Waals surface area contributed by atoms with Crippen LogP contribution in [0.4, 0.5) is 4.79 Å². The fourth-order valence-electron chi connectivity index (χ4n) is 3.19. The second-order valence-corrected chi connectivity index (χ2v) is 8.74. The highest BCUT2D eigenvalue weighted by molar-refractivity contribution is 7.99. The normalized spacial score (nSPS) is 26.8. The fourth-order valence-corrected chi connectivity index (χ4v) is 4.29. The van der Waals surface area contributed by atoms with Crippen molar-refractivity contribution in [1.29, 1.82) is 0 Å². The van der Waals surface area contributed by atoms with Gasteiger partial charge in [0.1, 0.15) is 5.60 Å². The highest BCUT2D eigenvalue weighted by Crippen LogP contribution is 2.22. The first-order valence-electron chi connectivity index (χ1n) is 8.73. The molecule has 5 heteroatoms. The first-order chi connectivity index (χ1) is 10.4. The molecule has 22 heavy (non-hydrogen) atoms. The van der Waals surface area contributed by atoms with Crippen LogP contribution >= 0.6 is 11.8 Å². The number of hydrogen-bond donors (Lipinski definition) is 1. The van der Waals surface area contributed by atoms with Crippen LogP contribution in [-0.2, 0) is 4.74 Å². The molecule has 128 valence electrons. The minimum absolute atomic E-state index is 0.145. The fraction of sp³-hybridized carbons (Fsp3) is 0.941. The molecule has 2 heterocycles. The van der Waals surface area contributed by atoms with Gasteiger partial charge in [0.05, 0.1) is 0 Å². The Morgan fingerprint density at radius 2 is 2.14 bits per heavy atom.